The number of nitrogens with one attached hydrogen (secondary N) is 1. The summed E-state index contributed by atoms with van der Waals surface area (Å²) in [5.41, 5.74) is 1.44. The van der Waals surface area contributed by atoms with Gasteiger partial charge in [0.05, 0.1) is 0 Å². The van der Waals surface area contributed by atoms with E-state index in [0.717, 1.165) is 25.1 Å². The lowest BCUT2D eigenvalue weighted by Gasteiger charge is -2.14. The van der Waals surface area contributed by atoms with Crippen LogP contribution < -0.4 is 5.32 Å². The molecule has 1 unspecified atom stereocenters. The lowest BCUT2D eigenvalue weighted by atomic mass is 10.1. The van der Waals surface area contributed by atoms with E-state index in [2.05, 4.69) is 17.3 Å². The molecular weight excluding hydrogens is 216 g/mol. The van der Waals surface area contributed by atoms with Gasteiger partial charge in [-0.2, -0.15) is 0 Å². The maximum Gasteiger partial charge on any atom is 0.251 e. The summed E-state index contributed by atoms with van der Waals surface area (Å²) in [5.74, 6) is 0.141. The second-order valence-corrected chi connectivity index (χ2v) is 4.72. The first-order valence-corrected chi connectivity index (χ1v) is 5.85. The van der Waals surface area contributed by atoms with E-state index in [1.165, 1.54) is 0 Å². The zero-order valence-electron chi connectivity index (χ0n) is 10.2. The van der Waals surface area contributed by atoms with Crippen molar-refractivity contribution in [3.8, 4) is 5.75 Å². The number of carbonyl (C=O) groups is 1. The number of phenolic OH excluding ortho intramolecular Hbond substituents is 1. The van der Waals surface area contributed by atoms with Crippen molar-refractivity contribution < 1.29 is 9.90 Å². The Labute approximate surface area is 101 Å². The molecule has 0 aliphatic carbocycles. The van der Waals surface area contributed by atoms with Gasteiger partial charge in [0.15, 0.2) is 0 Å². The monoisotopic (exact) mass is 234 g/mol. The van der Waals surface area contributed by atoms with Crippen LogP contribution in [0.25, 0.3) is 0 Å². The first kappa shape index (κ1) is 11.9. The summed E-state index contributed by atoms with van der Waals surface area (Å²) >= 11 is 0. The summed E-state index contributed by atoms with van der Waals surface area (Å²) in [6.45, 7) is 3.76. The number of likely N-dealkylation sites (N-methyl/N-ethyl adjacent to an activating group) is 1. The quantitative estimate of drug-likeness (QED) is 0.806. The lowest BCUT2D eigenvalue weighted by molar-refractivity contribution is 0.0938. The van der Waals surface area contributed by atoms with Crippen LogP contribution in [0.2, 0.25) is 0 Å². The minimum absolute atomic E-state index is 0.0530. The Hall–Kier alpha value is -1.55. The highest BCUT2D eigenvalue weighted by atomic mass is 16.3. The van der Waals surface area contributed by atoms with Gasteiger partial charge < -0.3 is 15.3 Å². The number of hydrogen-bond acceptors (Lipinski definition) is 3. The first-order chi connectivity index (χ1) is 8.06. The van der Waals surface area contributed by atoms with E-state index in [1.54, 1.807) is 18.2 Å². The Kier molecular flexibility index (Phi) is 3.33. The average molecular weight is 234 g/mol. The van der Waals surface area contributed by atoms with Gasteiger partial charge in [-0.25, -0.2) is 0 Å². The van der Waals surface area contributed by atoms with Crippen molar-refractivity contribution in [3.63, 3.8) is 0 Å². The minimum atomic E-state index is -0.0530. The van der Waals surface area contributed by atoms with Crippen LogP contribution in [0.3, 0.4) is 0 Å². The van der Waals surface area contributed by atoms with Crippen molar-refractivity contribution >= 4 is 5.91 Å². The highest BCUT2D eigenvalue weighted by Crippen LogP contribution is 2.16. The summed E-state index contributed by atoms with van der Waals surface area (Å²) in [5, 5.41) is 12.3. The summed E-state index contributed by atoms with van der Waals surface area (Å²) in [4.78, 5) is 14.2. The van der Waals surface area contributed by atoms with Crippen LogP contribution in [0.4, 0.5) is 0 Å². The molecule has 0 spiro atoms. The van der Waals surface area contributed by atoms with Crippen LogP contribution in [0.1, 0.15) is 22.3 Å². The zero-order chi connectivity index (χ0) is 12.4. The van der Waals surface area contributed by atoms with Crippen molar-refractivity contribution in [3.05, 3.63) is 29.3 Å². The van der Waals surface area contributed by atoms with Gasteiger partial charge in [-0.1, -0.05) is 0 Å². The molecule has 1 aliphatic rings. The number of likely N-dealkylation sites (tertiary alicyclic amines) is 1. The average Bonchev–Trinajstić information content (AvgIpc) is 2.63. The Morgan fingerprint density at radius 1 is 1.53 bits per heavy atom. The third-order valence-corrected chi connectivity index (χ3v) is 3.18. The molecule has 1 aromatic carbocycles. The molecule has 4 heteroatoms. The van der Waals surface area contributed by atoms with Gasteiger partial charge in [0, 0.05) is 18.2 Å². The van der Waals surface area contributed by atoms with E-state index in [0.29, 0.717) is 5.56 Å². The predicted molar refractivity (Wildman–Crippen MR) is 66.2 cm³/mol. The number of nitrogens with zero attached hydrogens (tertiary/aromatic N) is 1. The van der Waals surface area contributed by atoms with Crippen LogP contribution in [-0.4, -0.2) is 42.1 Å². The second kappa shape index (κ2) is 4.75. The highest BCUT2D eigenvalue weighted by Gasteiger charge is 2.22. The van der Waals surface area contributed by atoms with E-state index >= 15 is 0 Å². The van der Waals surface area contributed by atoms with Gasteiger partial charge in [-0.15, -0.1) is 0 Å². The molecule has 0 saturated carbocycles. The zero-order valence-corrected chi connectivity index (χ0v) is 10.2. The topological polar surface area (TPSA) is 52.6 Å². The number of hydrogen-bond donors (Lipinski definition) is 2. The minimum Gasteiger partial charge on any atom is -0.508 e. The third kappa shape index (κ3) is 2.77. The molecule has 2 N–H and O–H groups in total. The number of phenols is 1. The molecule has 1 aliphatic heterocycles. The second-order valence-electron chi connectivity index (χ2n) is 4.72. The summed E-state index contributed by atoms with van der Waals surface area (Å²) in [7, 11) is 2.05. The fourth-order valence-corrected chi connectivity index (χ4v) is 2.22. The molecule has 0 aromatic heterocycles. The van der Waals surface area contributed by atoms with Gasteiger partial charge in [-0.3, -0.25) is 4.79 Å². The van der Waals surface area contributed by atoms with Crippen LogP contribution in [0.5, 0.6) is 5.75 Å². The maximum atomic E-state index is 12.0. The number of carbonyl (C=O) groups excluding carboxylic acids is 1. The standard InChI is InChI=1S/C13H18N2O2/c1-9-7-11(16)3-4-12(9)13(17)14-10-5-6-15(2)8-10/h3-4,7,10,16H,5-6,8H2,1-2H3,(H,14,17). The van der Waals surface area contributed by atoms with Crippen molar-refractivity contribution in [2.24, 2.45) is 0 Å². The van der Waals surface area contributed by atoms with Gasteiger partial charge >= 0.3 is 0 Å². The number of amides is 1. The van der Waals surface area contributed by atoms with Crippen LogP contribution in [0.15, 0.2) is 18.2 Å². The SMILES string of the molecule is Cc1cc(O)ccc1C(=O)NC1CCN(C)C1. The Balaban J connectivity index is 2.04. The highest BCUT2D eigenvalue weighted by molar-refractivity contribution is 5.96. The number of rotatable bonds is 2. The summed E-state index contributed by atoms with van der Waals surface area (Å²) in [6.07, 6.45) is 0.999. The lowest BCUT2D eigenvalue weighted by Crippen LogP contribution is -2.36. The molecule has 1 heterocycles. The van der Waals surface area contributed by atoms with E-state index in [9.17, 15) is 9.90 Å². The van der Waals surface area contributed by atoms with Crippen molar-refractivity contribution in [1.82, 2.24) is 10.2 Å². The van der Waals surface area contributed by atoms with Crippen molar-refractivity contribution in [2.45, 2.75) is 19.4 Å². The Bertz CT molecular complexity index is 431. The molecule has 1 fully saturated rings. The molecule has 1 saturated heterocycles. The number of aromatic hydroxyl groups is 1. The number of benzene rings is 1. The van der Waals surface area contributed by atoms with Crippen LogP contribution >= 0.6 is 0 Å². The maximum absolute atomic E-state index is 12.0. The normalized spacial score (nSPS) is 20.5. The predicted octanol–water partition coefficient (Wildman–Crippen LogP) is 1.13. The molecule has 92 valence electrons. The van der Waals surface area contributed by atoms with Crippen molar-refractivity contribution in [2.75, 3.05) is 20.1 Å². The molecule has 0 radical (unpaired) electrons. The van der Waals surface area contributed by atoms with E-state index < -0.39 is 0 Å². The van der Waals surface area contributed by atoms with Gasteiger partial charge in [0.25, 0.3) is 5.91 Å². The van der Waals surface area contributed by atoms with Crippen LogP contribution in [0, 0.1) is 6.92 Å². The smallest absolute Gasteiger partial charge is 0.251 e. The van der Waals surface area contributed by atoms with E-state index in [1.807, 2.05) is 6.92 Å². The molecule has 0 bridgehead atoms. The fourth-order valence-electron chi connectivity index (χ4n) is 2.22. The van der Waals surface area contributed by atoms with Crippen molar-refractivity contribution in [1.29, 1.82) is 0 Å². The molecular formula is C13H18N2O2. The van der Waals surface area contributed by atoms with Gasteiger partial charge in [-0.05, 0) is 50.7 Å². The van der Waals surface area contributed by atoms with Gasteiger partial charge in [0.1, 0.15) is 5.75 Å². The molecule has 17 heavy (non-hydrogen) atoms. The summed E-state index contributed by atoms with van der Waals surface area (Å²) < 4.78 is 0. The molecule has 2 rings (SSSR count). The summed E-state index contributed by atoms with van der Waals surface area (Å²) in [6, 6.07) is 5.05. The number of aryl methyl sites for hydroxylation is 1. The molecule has 1 amide bonds. The Morgan fingerprint density at radius 2 is 2.29 bits per heavy atom. The Morgan fingerprint density at radius 3 is 2.88 bits per heavy atom. The fraction of sp³-hybridized carbons (Fsp3) is 0.462. The first-order valence-electron chi connectivity index (χ1n) is 5.85. The molecule has 4 nitrogen and oxygen atoms in total. The van der Waals surface area contributed by atoms with E-state index in [4.69, 9.17) is 0 Å². The molecule has 1 atom stereocenters. The van der Waals surface area contributed by atoms with Crippen LogP contribution in [-0.2, 0) is 0 Å². The largest absolute Gasteiger partial charge is 0.508 e. The molecule has 1 aromatic rings. The third-order valence-electron chi connectivity index (χ3n) is 3.18. The van der Waals surface area contributed by atoms with E-state index in [-0.39, 0.29) is 17.7 Å². The van der Waals surface area contributed by atoms with Gasteiger partial charge in [0.2, 0.25) is 0 Å².